The van der Waals surface area contributed by atoms with E-state index < -0.39 is 11.2 Å². The van der Waals surface area contributed by atoms with Crippen LogP contribution in [0.4, 0.5) is 0 Å². The van der Waals surface area contributed by atoms with Crippen LogP contribution < -0.4 is 11.6 Å². The number of primary amides is 1. The number of nitrogens with two attached hydrogens (primary N) is 2. The summed E-state index contributed by atoms with van der Waals surface area (Å²) in [6, 6.07) is 12.7. The Bertz CT molecular complexity index is 770. The predicted octanol–water partition coefficient (Wildman–Crippen LogP) is 1.57. The summed E-state index contributed by atoms with van der Waals surface area (Å²) in [5.41, 5.74) is 6.27. The Balaban J connectivity index is 1.90. The van der Waals surface area contributed by atoms with Gasteiger partial charge in [0.1, 0.15) is 5.25 Å². The zero-order chi connectivity index (χ0) is 15.5. The van der Waals surface area contributed by atoms with Gasteiger partial charge in [0.2, 0.25) is 16.9 Å². The van der Waals surface area contributed by atoms with E-state index in [4.69, 9.17) is 16.0 Å². The van der Waals surface area contributed by atoms with E-state index in [2.05, 4.69) is 10.2 Å². The van der Waals surface area contributed by atoms with Crippen molar-refractivity contribution in [2.75, 3.05) is 5.84 Å². The second-order valence-corrected chi connectivity index (χ2v) is 5.54. The van der Waals surface area contributed by atoms with Crippen molar-refractivity contribution in [2.24, 2.45) is 5.73 Å². The third-order valence-electron chi connectivity index (χ3n) is 2.99. The summed E-state index contributed by atoms with van der Waals surface area (Å²) in [4.78, 5) is 11.7. The Labute approximate surface area is 130 Å². The lowest BCUT2D eigenvalue weighted by Gasteiger charge is -2.12. The van der Waals surface area contributed by atoms with Crippen LogP contribution in [-0.4, -0.2) is 20.8 Å². The van der Waals surface area contributed by atoms with Gasteiger partial charge < -0.3 is 16.0 Å². The van der Waals surface area contributed by atoms with Crippen molar-refractivity contribution >= 4 is 17.7 Å². The molecule has 112 valence electrons. The van der Waals surface area contributed by atoms with Gasteiger partial charge in [-0.25, -0.2) is 4.68 Å². The summed E-state index contributed by atoms with van der Waals surface area (Å²) in [6.45, 7) is 0. The third kappa shape index (κ3) is 2.68. The van der Waals surface area contributed by atoms with Gasteiger partial charge in [-0.3, -0.25) is 4.79 Å². The molecule has 3 rings (SSSR count). The number of amides is 1. The molecule has 0 saturated carbocycles. The fourth-order valence-corrected chi connectivity index (χ4v) is 2.86. The number of hydrogen-bond acceptors (Lipinski definition) is 6. The first-order valence-electron chi connectivity index (χ1n) is 6.42. The number of benzene rings is 1. The van der Waals surface area contributed by atoms with Gasteiger partial charge in [0.05, 0.1) is 6.26 Å². The number of furan rings is 1. The average Bonchev–Trinajstić information content (AvgIpc) is 3.15. The zero-order valence-electron chi connectivity index (χ0n) is 11.4. The fraction of sp³-hybridized carbons (Fsp3) is 0.0714. The maximum absolute atomic E-state index is 11.7. The highest BCUT2D eigenvalue weighted by Gasteiger charge is 2.23. The molecule has 0 bridgehead atoms. The molecule has 7 nitrogen and oxygen atoms in total. The van der Waals surface area contributed by atoms with Gasteiger partial charge >= 0.3 is 0 Å². The SMILES string of the molecule is NC(=O)C(Sc1nnc(-c2ccco2)n1N)c1ccccc1. The molecule has 0 spiro atoms. The summed E-state index contributed by atoms with van der Waals surface area (Å²) in [5.74, 6) is 6.38. The Kier molecular flexibility index (Phi) is 3.84. The Morgan fingerprint density at radius 1 is 1.18 bits per heavy atom. The minimum Gasteiger partial charge on any atom is -0.461 e. The summed E-state index contributed by atoms with van der Waals surface area (Å²) in [5, 5.41) is 7.76. The highest BCUT2D eigenvalue weighted by atomic mass is 32.2. The van der Waals surface area contributed by atoms with E-state index in [9.17, 15) is 4.79 Å². The molecule has 1 unspecified atom stereocenters. The molecule has 0 saturated heterocycles. The number of nitrogens with zero attached hydrogens (tertiary/aromatic N) is 3. The van der Waals surface area contributed by atoms with Crippen molar-refractivity contribution in [3.05, 3.63) is 54.3 Å². The van der Waals surface area contributed by atoms with E-state index in [-0.39, 0.29) is 0 Å². The molecule has 3 aromatic rings. The van der Waals surface area contributed by atoms with Crippen LogP contribution in [0.1, 0.15) is 10.8 Å². The molecule has 1 atom stereocenters. The van der Waals surface area contributed by atoms with Gasteiger partial charge in [0, 0.05) is 0 Å². The largest absolute Gasteiger partial charge is 0.461 e. The molecule has 1 amide bonds. The molecule has 2 aromatic heterocycles. The van der Waals surface area contributed by atoms with Gasteiger partial charge in [0.25, 0.3) is 0 Å². The summed E-state index contributed by atoms with van der Waals surface area (Å²) in [6.07, 6.45) is 1.52. The Hall–Kier alpha value is -2.74. The minimum atomic E-state index is -0.600. The number of carbonyl (C=O) groups is 1. The highest BCUT2D eigenvalue weighted by molar-refractivity contribution is 8.00. The van der Waals surface area contributed by atoms with Crippen LogP contribution in [-0.2, 0) is 4.79 Å². The molecule has 0 fully saturated rings. The maximum Gasteiger partial charge on any atom is 0.235 e. The van der Waals surface area contributed by atoms with E-state index in [1.165, 1.54) is 10.9 Å². The van der Waals surface area contributed by atoms with Crippen molar-refractivity contribution in [1.82, 2.24) is 14.9 Å². The van der Waals surface area contributed by atoms with Crippen LogP contribution in [0.3, 0.4) is 0 Å². The first-order chi connectivity index (χ1) is 10.7. The number of thioether (sulfide) groups is 1. The van der Waals surface area contributed by atoms with E-state index in [1.54, 1.807) is 12.1 Å². The summed E-state index contributed by atoms with van der Waals surface area (Å²) in [7, 11) is 0. The summed E-state index contributed by atoms with van der Waals surface area (Å²) < 4.78 is 6.53. The predicted molar refractivity (Wildman–Crippen MR) is 82.1 cm³/mol. The van der Waals surface area contributed by atoms with Crippen LogP contribution in [0, 0.1) is 0 Å². The molecule has 0 aliphatic heterocycles. The lowest BCUT2D eigenvalue weighted by molar-refractivity contribution is -0.117. The molecule has 1 aromatic carbocycles. The molecule has 4 N–H and O–H groups in total. The molecule has 2 heterocycles. The van der Waals surface area contributed by atoms with Crippen molar-refractivity contribution in [2.45, 2.75) is 10.4 Å². The van der Waals surface area contributed by atoms with Gasteiger partial charge in [-0.1, -0.05) is 42.1 Å². The first-order valence-corrected chi connectivity index (χ1v) is 7.30. The summed E-state index contributed by atoms with van der Waals surface area (Å²) >= 11 is 1.14. The molecule has 0 aliphatic carbocycles. The molecule has 0 radical (unpaired) electrons. The van der Waals surface area contributed by atoms with Crippen LogP contribution in [0.15, 0.2) is 58.3 Å². The van der Waals surface area contributed by atoms with Crippen LogP contribution >= 0.6 is 11.8 Å². The van der Waals surface area contributed by atoms with Crippen molar-refractivity contribution in [3.8, 4) is 11.6 Å². The van der Waals surface area contributed by atoms with Gasteiger partial charge in [0.15, 0.2) is 5.76 Å². The Morgan fingerprint density at radius 3 is 2.59 bits per heavy atom. The third-order valence-corrected chi connectivity index (χ3v) is 4.22. The number of nitrogen functional groups attached to an aromatic ring is 1. The van der Waals surface area contributed by atoms with Gasteiger partial charge in [-0.2, -0.15) is 0 Å². The number of hydrogen-bond donors (Lipinski definition) is 2. The average molecular weight is 315 g/mol. The number of aromatic nitrogens is 3. The van der Waals surface area contributed by atoms with Gasteiger partial charge in [-0.15, -0.1) is 10.2 Å². The van der Waals surface area contributed by atoms with Crippen LogP contribution in [0.2, 0.25) is 0 Å². The van der Waals surface area contributed by atoms with Crippen molar-refractivity contribution in [1.29, 1.82) is 0 Å². The number of rotatable bonds is 5. The van der Waals surface area contributed by atoms with Crippen LogP contribution in [0.25, 0.3) is 11.6 Å². The van der Waals surface area contributed by atoms with Crippen LogP contribution in [0.5, 0.6) is 0 Å². The zero-order valence-corrected chi connectivity index (χ0v) is 12.2. The fourth-order valence-electron chi connectivity index (χ4n) is 1.95. The monoisotopic (exact) mass is 315 g/mol. The minimum absolute atomic E-state index is 0.374. The Morgan fingerprint density at radius 2 is 1.95 bits per heavy atom. The van der Waals surface area contributed by atoms with E-state index >= 15 is 0 Å². The quantitative estimate of drug-likeness (QED) is 0.546. The van der Waals surface area contributed by atoms with E-state index in [0.29, 0.717) is 16.7 Å². The topological polar surface area (TPSA) is 113 Å². The highest BCUT2D eigenvalue weighted by Crippen LogP contribution is 2.34. The standard InChI is InChI=1S/C14H13N5O2S/c15-12(20)11(9-5-2-1-3-6-9)22-14-18-17-13(19(14)16)10-7-4-8-21-10/h1-8,11H,16H2,(H2,15,20). The second-order valence-electron chi connectivity index (χ2n) is 4.46. The van der Waals surface area contributed by atoms with Gasteiger partial charge in [-0.05, 0) is 17.7 Å². The lowest BCUT2D eigenvalue weighted by atomic mass is 10.1. The number of carbonyl (C=O) groups excluding carboxylic acids is 1. The van der Waals surface area contributed by atoms with Crippen molar-refractivity contribution in [3.63, 3.8) is 0 Å². The second kappa shape index (κ2) is 5.94. The van der Waals surface area contributed by atoms with E-state index in [1.807, 2.05) is 30.3 Å². The maximum atomic E-state index is 11.7. The first kappa shape index (κ1) is 14.2. The van der Waals surface area contributed by atoms with E-state index in [0.717, 1.165) is 17.3 Å². The molecule has 8 heteroatoms. The molecular weight excluding hydrogens is 302 g/mol. The normalized spacial score (nSPS) is 12.2. The molecule has 22 heavy (non-hydrogen) atoms. The molecule has 0 aliphatic rings. The van der Waals surface area contributed by atoms with Crippen molar-refractivity contribution < 1.29 is 9.21 Å². The lowest BCUT2D eigenvalue weighted by Crippen LogP contribution is -2.20. The molecular formula is C14H13N5O2S. The smallest absolute Gasteiger partial charge is 0.235 e.